The van der Waals surface area contributed by atoms with Gasteiger partial charge in [0.15, 0.2) is 12.4 Å². The van der Waals surface area contributed by atoms with Gasteiger partial charge in [0.25, 0.3) is 11.8 Å². The van der Waals surface area contributed by atoms with Crippen LogP contribution in [-0.2, 0) is 14.3 Å². The summed E-state index contributed by atoms with van der Waals surface area (Å²) in [5.41, 5.74) is 0.350. The van der Waals surface area contributed by atoms with Crippen molar-refractivity contribution in [3.8, 4) is 5.75 Å². The first-order valence-corrected chi connectivity index (χ1v) is 8.84. The molecule has 0 aliphatic carbocycles. The Morgan fingerprint density at radius 2 is 1.96 bits per heavy atom. The lowest BCUT2D eigenvalue weighted by Gasteiger charge is -2.20. The van der Waals surface area contributed by atoms with Crippen LogP contribution in [-0.4, -0.2) is 37.5 Å². The van der Waals surface area contributed by atoms with E-state index in [9.17, 15) is 14.4 Å². The van der Waals surface area contributed by atoms with Crippen LogP contribution < -0.4 is 15.4 Å². The van der Waals surface area contributed by atoms with Gasteiger partial charge in [-0.15, -0.1) is 0 Å². The van der Waals surface area contributed by atoms with E-state index in [0.29, 0.717) is 16.5 Å². The second kappa shape index (κ2) is 9.80. The van der Waals surface area contributed by atoms with Gasteiger partial charge in [-0.1, -0.05) is 25.4 Å². The van der Waals surface area contributed by atoms with Crippen LogP contribution in [0.25, 0.3) is 0 Å². The first kappa shape index (κ1) is 21.3. The minimum Gasteiger partial charge on any atom is -0.495 e. The van der Waals surface area contributed by atoms with Gasteiger partial charge < -0.3 is 24.5 Å². The summed E-state index contributed by atoms with van der Waals surface area (Å²) in [6.07, 6.45) is 1.35. The van der Waals surface area contributed by atoms with E-state index in [4.69, 9.17) is 25.5 Å². The SMILES string of the molecule is COc1ccc(Cl)cc1NC(=O)COC(=O)[C@@H](NC(=O)c1ccco1)C(C)C. The number of carbonyl (C=O) groups is 3. The van der Waals surface area contributed by atoms with Gasteiger partial charge in [0.1, 0.15) is 11.8 Å². The minimum absolute atomic E-state index is 0.0734. The first-order valence-electron chi connectivity index (χ1n) is 8.46. The van der Waals surface area contributed by atoms with E-state index in [1.807, 2.05) is 0 Å². The Labute approximate surface area is 167 Å². The van der Waals surface area contributed by atoms with Gasteiger partial charge in [-0.2, -0.15) is 0 Å². The van der Waals surface area contributed by atoms with Gasteiger partial charge in [0.2, 0.25) is 0 Å². The predicted molar refractivity (Wildman–Crippen MR) is 102 cm³/mol. The van der Waals surface area contributed by atoms with Crippen LogP contribution in [0.1, 0.15) is 24.4 Å². The molecule has 1 aromatic heterocycles. The van der Waals surface area contributed by atoms with Crippen molar-refractivity contribution in [1.82, 2.24) is 5.32 Å². The van der Waals surface area contributed by atoms with E-state index in [1.54, 1.807) is 32.0 Å². The van der Waals surface area contributed by atoms with Gasteiger partial charge in [-0.3, -0.25) is 9.59 Å². The molecule has 1 aromatic carbocycles. The lowest BCUT2D eigenvalue weighted by atomic mass is 10.0. The van der Waals surface area contributed by atoms with E-state index in [-0.39, 0.29) is 11.7 Å². The van der Waals surface area contributed by atoms with Crippen LogP contribution >= 0.6 is 11.6 Å². The van der Waals surface area contributed by atoms with Gasteiger partial charge >= 0.3 is 5.97 Å². The van der Waals surface area contributed by atoms with Crippen molar-refractivity contribution >= 4 is 35.1 Å². The molecule has 2 rings (SSSR count). The quantitative estimate of drug-likeness (QED) is 0.650. The van der Waals surface area contributed by atoms with Crippen molar-refractivity contribution < 1.29 is 28.3 Å². The Hall–Kier alpha value is -3.00. The highest BCUT2D eigenvalue weighted by Gasteiger charge is 2.27. The van der Waals surface area contributed by atoms with Gasteiger partial charge in [-0.25, -0.2) is 4.79 Å². The van der Waals surface area contributed by atoms with Crippen LogP contribution in [0, 0.1) is 5.92 Å². The Morgan fingerprint density at radius 1 is 1.21 bits per heavy atom. The van der Waals surface area contributed by atoms with Crippen LogP contribution in [0.4, 0.5) is 5.69 Å². The van der Waals surface area contributed by atoms with Crippen LogP contribution in [0.15, 0.2) is 41.0 Å². The molecule has 0 saturated heterocycles. The maximum atomic E-state index is 12.3. The number of halogens is 1. The standard InChI is InChI=1S/C19H21ClN2O6/c1-11(2)17(22-18(24)15-5-4-8-27-15)19(25)28-10-16(23)21-13-9-12(20)6-7-14(13)26-3/h4-9,11,17H,10H2,1-3H3,(H,21,23)(H,22,24)/t17-/m0/s1. The van der Waals surface area contributed by atoms with Crippen LogP contribution in [0.2, 0.25) is 5.02 Å². The average molecular weight is 409 g/mol. The molecule has 0 saturated carbocycles. The number of furan rings is 1. The third-order valence-corrected chi connectivity index (χ3v) is 3.97. The number of esters is 1. The normalized spacial score (nSPS) is 11.6. The summed E-state index contributed by atoms with van der Waals surface area (Å²) in [5.74, 6) is -1.63. The molecule has 0 radical (unpaired) electrons. The number of rotatable bonds is 8. The van der Waals surface area contributed by atoms with Crippen molar-refractivity contribution in [3.05, 3.63) is 47.4 Å². The number of carbonyl (C=O) groups excluding carboxylic acids is 3. The molecule has 0 unspecified atom stereocenters. The van der Waals surface area contributed by atoms with Crippen molar-refractivity contribution in [2.45, 2.75) is 19.9 Å². The smallest absolute Gasteiger partial charge is 0.329 e. The van der Waals surface area contributed by atoms with Gasteiger partial charge in [0, 0.05) is 5.02 Å². The Morgan fingerprint density at radius 3 is 2.57 bits per heavy atom. The number of benzene rings is 1. The molecule has 1 heterocycles. The van der Waals surface area contributed by atoms with Crippen molar-refractivity contribution in [3.63, 3.8) is 0 Å². The first-order chi connectivity index (χ1) is 13.3. The predicted octanol–water partition coefficient (Wildman–Crippen LogP) is 2.88. The third kappa shape index (κ3) is 5.75. The van der Waals surface area contributed by atoms with E-state index in [1.165, 1.54) is 25.5 Å². The van der Waals surface area contributed by atoms with Crippen LogP contribution in [0.5, 0.6) is 5.75 Å². The highest BCUT2D eigenvalue weighted by molar-refractivity contribution is 6.31. The largest absolute Gasteiger partial charge is 0.495 e. The van der Waals surface area contributed by atoms with Gasteiger partial charge in [0.05, 0.1) is 19.1 Å². The van der Waals surface area contributed by atoms with E-state index in [0.717, 1.165) is 0 Å². The number of hydrogen-bond donors (Lipinski definition) is 2. The molecule has 2 aromatic rings. The number of methoxy groups -OCH3 is 1. The number of amides is 2. The molecule has 1 atom stereocenters. The fourth-order valence-electron chi connectivity index (χ4n) is 2.31. The average Bonchev–Trinajstić information content (AvgIpc) is 3.19. The molecule has 0 spiro atoms. The summed E-state index contributed by atoms with van der Waals surface area (Å²) < 4.78 is 15.2. The molecule has 0 aliphatic heterocycles. The molecular formula is C19H21ClN2O6. The second-order valence-electron chi connectivity index (χ2n) is 6.17. The maximum absolute atomic E-state index is 12.3. The van der Waals surface area contributed by atoms with E-state index in [2.05, 4.69) is 10.6 Å². The Kier molecular flexibility index (Phi) is 7.45. The highest BCUT2D eigenvalue weighted by atomic mass is 35.5. The number of hydrogen-bond acceptors (Lipinski definition) is 6. The summed E-state index contributed by atoms with van der Waals surface area (Å²) in [6.45, 7) is 2.95. The number of ether oxygens (including phenoxy) is 2. The molecule has 0 aliphatic rings. The fourth-order valence-corrected chi connectivity index (χ4v) is 2.48. The van der Waals surface area contributed by atoms with Crippen LogP contribution in [0.3, 0.4) is 0 Å². The fraction of sp³-hybridized carbons (Fsp3) is 0.316. The third-order valence-electron chi connectivity index (χ3n) is 3.73. The summed E-state index contributed by atoms with van der Waals surface area (Å²) in [6, 6.07) is 6.83. The molecule has 0 bridgehead atoms. The monoisotopic (exact) mass is 408 g/mol. The summed E-state index contributed by atoms with van der Waals surface area (Å²) >= 11 is 5.91. The Bertz CT molecular complexity index is 835. The molecule has 0 fully saturated rings. The highest BCUT2D eigenvalue weighted by Crippen LogP contribution is 2.27. The second-order valence-corrected chi connectivity index (χ2v) is 6.61. The van der Waals surface area contributed by atoms with Crippen molar-refractivity contribution in [2.75, 3.05) is 19.0 Å². The summed E-state index contributed by atoms with van der Waals surface area (Å²) in [5, 5.41) is 5.51. The topological polar surface area (TPSA) is 107 Å². The molecule has 28 heavy (non-hydrogen) atoms. The maximum Gasteiger partial charge on any atom is 0.329 e. The number of anilines is 1. The van der Waals surface area contributed by atoms with Crippen molar-refractivity contribution in [1.29, 1.82) is 0 Å². The molecule has 8 nitrogen and oxygen atoms in total. The minimum atomic E-state index is -0.939. The van der Waals surface area contributed by atoms with E-state index >= 15 is 0 Å². The Balaban J connectivity index is 1.94. The molecule has 2 amide bonds. The lowest BCUT2D eigenvalue weighted by Crippen LogP contribution is -2.45. The molecule has 150 valence electrons. The molecule has 9 heteroatoms. The zero-order chi connectivity index (χ0) is 20.7. The summed E-state index contributed by atoms with van der Waals surface area (Å²) in [7, 11) is 1.45. The lowest BCUT2D eigenvalue weighted by molar-refractivity contribution is -0.150. The number of nitrogens with one attached hydrogen (secondary N) is 2. The zero-order valence-electron chi connectivity index (χ0n) is 15.7. The molecule has 2 N–H and O–H groups in total. The van der Waals surface area contributed by atoms with Gasteiger partial charge in [-0.05, 0) is 36.2 Å². The summed E-state index contributed by atoms with van der Waals surface area (Å²) in [4.78, 5) is 36.5. The van der Waals surface area contributed by atoms with Crippen molar-refractivity contribution in [2.24, 2.45) is 5.92 Å². The zero-order valence-corrected chi connectivity index (χ0v) is 16.4. The molecular weight excluding hydrogens is 388 g/mol. The van der Waals surface area contributed by atoms with E-state index < -0.39 is 30.4 Å².